The van der Waals surface area contributed by atoms with Crippen LogP contribution in [-0.2, 0) is 13.2 Å². The molecule has 0 fully saturated rings. The van der Waals surface area contributed by atoms with Crippen LogP contribution in [0.4, 0.5) is 5.13 Å². The van der Waals surface area contributed by atoms with Gasteiger partial charge in [-0.3, -0.25) is 4.98 Å². The zero-order valence-corrected chi connectivity index (χ0v) is 21.0. The highest BCUT2D eigenvalue weighted by molar-refractivity contribution is 7.13. The fourth-order valence-corrected chi connectivity index (χ4v) is 4.48. The van der Waals surface area contributed by atoms with Gasteiger partial charge < -0.3 is 15.0 Å². The van der Waals surface area contributed by atoms with Crippen molar-refractivity contribution in [1.82, 2.24) is 19.9 Å². The first-order valence-electron chi connectivity index (χ1n) is 10.8. The monoisotopic (exact) mass is 491 g/mol. The Morgan fingerprint density at radius 1 is 1.29 bits per heavy atom. The van der Waals surface area contributed by atoms with Gasteiger partial charge in [0.1, 0.15) is 17.9 Å². The highest BCUT2D eigenvalue weighted by Crippen LogP contribution is 2.32. The maximum Gasteiger partial charge on any atom is 0.182 e. The molecule has 174 valence electrons. The minimum Gasteiger partial charge on any atom is -0.487 e. The van der Waals surface area contributed by atoms with Crippen molar-refractivity contribution >= 4 is 44.7 Å². The summed E-state index contributed by atoms with van der Waals surface area (Å²) in [6, 6.07) is 8.07. The van der Waals surface area contributed by atoms with Gasteiger partial charge in [0.2, 0.25) is 0 Å². The van der Waals surface area contributed by atoms with E-state index >= 15 is 0 Å². The lowest BCUT2D eigenvalue weighted by molar-refractivity contribution is 0.308. The molecule has 0 spiro atoms. The fraction of sp³-hybridized carbons (Fsp3) is 0.192. The number of benzene rings is 1. The van der Waals surface area contributed by atoms with Crippen LogP contribution in [0.25, 0.3) is 16.6 Å². The van der Waals surface area contributed by atoms with Crippen molar-refractivity contribution in [1.29, 1.82) is 0 Å². The quantitative estimate of drug-likeness (QED) is 0.276. The lowest BCUT2D eigenvalue weighted by Gasteiger charge is -2.20. The van der Waals surface area contributed by atoms with Crippen molar-refractivity contribution in [2.45, 2.75) is 20.1 Å². The molecule has 0 amide bonds. The third kappa shape index (κ3) is 5.21. The van der Waals surface area contributed by atoms with Crippen LogP contribution >= 0.6 is 22.9 Å². The van der Waals surface area contributed by atoms with Gasteiger partial charge >= 0.3 is 0 Å². The SMILES string of the molecule is C=C/C=C(/c1cc(C)nc2c(OCc3c(Cl)cncc3CNc3nccs3)cccc12)N(C)C. The molecule has 1 N–H and O–H groups in total. The molecule has 4 aromatic rings. The van der Waals surface area contributed by atoms with Crippen molar-refractivity contribution in [2.75, 3.05) is 19.4 Å². The molecule has 0 aliphatic carbocycles. The summed E-state index contributed by atoms with van der Waals surface area (Å²) in [5.74, 6) is 0.700. The second kappa shape index (κ2) is 10.7. The number of thiazole rings is 1. The van der Waals surface area contributed by atoms with Crippen molar-refractivity contribution in [3.63, 3.8) is 0 Å². The summed E-state index contributed by atoms with van der Waals surface area (Å²) in [5, 5.41) is 7.65. The van der Waals surface area contributed by atoms with Crippen molar-refractivity contribution in [3.8, 4) is 5.75 Å². The predicted molar refractivity (Wildman–Crippen MR) is 141 cm³/mol. The molecule has 0 radical (unpaired) electrons. The van der Waals surface area contributed by atoms with Gasteiger partial charge in [0.05, 0.1) is 5.02 Å². The van der Waals surface area contributed by atoms with Crippen LogP contribution < -0.4 is 10.1 Å². The molecule has 4 rings (SSSR count). The third-order valence-electron chi connectivity index (χ3n) is 5.29. The second-order valence-electron chi connectivity index (χ2n) is 7.88. The van der Waals surface area contributed by atoms with Crippen LogP contribution in [0.2, 0.25) is 5.02 Å². The molecule has 0 saturated carbocycles. The first-order chi connectivity index (χ1) is 16.5. The van der Waals surface area contributed by atoms with Gasteiger partial charge in [0.25, 0.3) is 0 Å². The summed E-state index contributed by atoms with van der Waals surface area (Å²) in [6.07, 6.45) is 9.01. The fourth-order valence-electron chi connectivity index (χ4n) is 3.72. The maximum absolute atomic E-state index is 6.51. The highest BCUT2D eigenvalue weighted by Gasteiger charge is 2.15. The van der Waals surface area contributed by atoms with Crippen LogP contribution in [0.15, 0.2) is 67.0 Å². The van der Waals surface area contributed by atoms with Crippen LogP contribution in [0.5, 0.6) is 5.75 Å². The number of hydrogen-bond acceptors (Lipinski definition) is 7. The molecule has 0 atom stereocenters. The molecular weight excluding hydrogens is 466 g/mol. The Morgan fingerprint density at radius 2 is 2.15 bits per heavy atom. The van der Waals surface area contributed by atoms with Gasteiger partial charge in [-0.15, -0.1) is 11.3 Å². The summed E-state index contributed by atoms with van der Waals surface area (Å²) in [7, 11) is 4.04. The number of pyridine rings is 2. The van der Waals surface area contributed by atoms with E-state index in [4.69, 9.17) is 21.3 Å². The molecule has 0 unspecified atom stereocenters. The number of hydrogen-bond donors (Lipinski definition) is 1. The number of rotatable bonds is 9. The molecule has 0 aliphatic rings. The maximum atomic E-state index is 6.51. The van der Waals surface area contributed by atoms with E-state index in [2.05, 4.69) is 38.9 Å². The Hall–Kier alpha value is -3.42. The summed E-state index contributed by atoms with van der Waals surface area (Å²) in [5.41, 5.74) is 5.68. The Morgan fingerprint density at radius 3 is 2.88 bits per heavy atom. The van der Waals surface area contributed by atoms with E-state index in [1.54, 1.807) is 36.0 Å². The first kappa shape index (κ1) is 23.7. The topological polar surface area (TPSA) is 63.2 Å². The smallest absolute Gasteiger partial charge is 0.182 e. The molecule has 0 saturated heterocycles. The number of halogens is 1. The van der Waals surface area contributed by atoms with E-state index in [9.17, 15) is 0 Å². The van der Waals surface area contributed by atoms with Gasteiger partial charge in [-0.2, -0.15) is 0 Å². The van der Waals surface area contributed by atoms with Crippen molar-refractivity contribution < 1.29 is 4.74 Å². The number of allylic oxidation sites excluding steroid dienone is 2. The molecular formula is C26H26ClN5OS. The van der Waals surface area contributed by atoms with E-state index < -0.39 is 0 Å². The summed E-state index contributed by atoms with van der Waals surface area (Å²) in [4.78, 5) is 15.4. The highest BCUT2D eigenvalue weighted by atomic mass is 35.5. The van der Waals surface area contributed by atoms with Crippen molar-refractivity contribution in [3.05, 3.63) is 94.4 Å². The van der Waals surface area contributed by atoms with Crippen LogP contribution in [0.1, 0.15) is 22.4 Å². The molecule has 3 aromatic heterocycles. The van der Waals surface area contributed by atoms with E-state index in [0.29, 0.717) is 23.9 Å². The molecule has 6 nitrogen and oxygen atoms in total. The molecule has 1 aromatic carbocycles. The summed E-state index contributed by atoms with van der Waals surface area (Å²) in [6.45, 7) is 6.70. The number of ether oxygens (including phenoxy) is 1. The molecule has 0 bridgehead atoms. The predicted octanol–water partition coefficient (Wildman–Crippen LogP) is 6.33. The lowest BCUT2D eigenvalue weighted by atomic mass is 10.0. The molecule has 0 aliphatic heterocycles. The number of aryl methyl sites for hydroxylation is 1. The van der Waals surface area contributed by atoms with Crippen LogP contribution in [0, 0.1) is 6.92 Å². The average Bonchev–Trinajstić information content (AvgIpc) is 3.34. The minimum atomic E-state index is 0.295. The standard InChI is InChI=1S/C26H26ClN5OS/c1-5-7-23(32(3)4)20-12-17(2)31-25-19(20)8-6-9-24(25)33-16-21-18(13-28-15-22(21)27)14-30-26-29-10-11-34-26/h5-13,15H,1,14,16H2,2-4H3,(H,29,30)/b23-7-. The molecule has 34 heavy (non-hydrogen) atoms. The number of nitrogens with zero attached hydrogens (tertiary/aromatic N) is 4. The zero-order valence-electron chi connectivity index (χ0n) is 19.4. The second-order valence-corrected chi connectivity index (χ2v) is 9.19. The van der Waals surface area contributed by atoms with E-state index in [0.717, 1.165) is 44.1 Å². The summed E-state index contributed by atoms with van der Waals surface area (Å²) < 4.78 is 6.31. The molecule has 8 heteroatoms. The van der Waals surface area contributed by atoms with Crippen molar-refractivity contribution in [2.24, 2.45) is 0 Å². The lowest BCUT2D eigenvalue weighted by Crippen LogP contribution is -2.11. The normalized spacial score (nSPS) is 11.5. The number of fused-ring (bicyclic) bond motifs is 1. The van der Waals surface area contributed by atoms with Gasteiger partial charge in [-0.05, 0) is 30.7 Å². The third-order valence-corrected chi connectivity index (χ3v) is 6.35. The van der Waals surface area contributed by atoms with Gasteiger partial charge in [-0.1, -0.05) is 36.4 Å². The number of anilines is 1. The minimum absolute atomic E-state index is 0.295. The Bertz CT molecular complexity index is 1330. The Labute approximate surface area is 208 Å². The Balaban J connectivity index is 1.66. The number of nitrogens with one attached hydrogen (secondary N) is 1. The van der Waals surface area contributed by atoms with Gasteiger partial charge in [0.15, 0.2) is 5.13 Å². The van der Waals surface area contributed by atoms with Crippen LogP contribution in [-0.4, -0.2) is 33.9 Å². The molecule has 3 heterocycles. The van der Waals surface area contributed by atoms with Crippen LogP contribution in [0.3, 0.4) is 0 Å². The zero-order chi connectivity index (χ0) is 24.1. The number of aromatic nitrogens is 3. The van der Waals surface area contributed by atoms with Gasteiger partial charge in [0, 0.05) is 72.5 Å². The number of para-hydroxylation sites is 1. The van der Waals surface area contributed by atoms with E-state index in [1.807, 2.05) is 44.6 Å². The first-order valence-corrected chi connectivity index (χ1v) is 12.0. The van der Waals surface area contributed by atoms with Gasteiger partial charge in [-0.25, -0.2) is 9.97 Å². The largest absolute Gasteiger partial charge is 0.487 e. The Kier molecular flexibility index (Phi) is 7.45. The van der Waals surface area contributed by atoms with E-state index in [-0.39, 0.29) is 0 Å². The summed E-state index contributed by atoms with van der Waals surface area (Å²) >= 11 is 8.06. The van der Waals surface area contributed by atoms with E-state index in [1.165, 1.54) is 0 Å². The average molecular weight is 492 g/mol.